The maximum absolute atomic E-state index is 3.24. The van der Waals surface area contributed by atoms with E-state index in [9.17, 15) is 0 Å². The fourth-order valence-corrected chi connectivity index (χ4v) is 0.814. The number of fused-ring (bicyclic) bond motifs is 1. The van der Waals surface area contributed by atoms with Crippen LogP contribution in [0.2, 0.25) is 0 Å². The van der Waals surface area contributed by atoms with Crippen LogP contribution in [0.5, 0.6) is 0 Å². The highest BCUT2D eigenvalue weighted by molar-refractivity contribution is 5.22. The molecule has 5 heavy (non-hydrogen) atoms. The van der Waals surface area contributed by atoms with Crippen molar-refractivity contribution in [2.75, 3.05) is 0 Å². The minimum Gasteiger partial charge on any atom is -0.307 e. The van der Waals surface area contributed by atoms with E-state index in [1.54, 1.807) is 0 Å². The first-order valence-corrected chi connectivity index (χ1v) is 2.15. The zero-order valence-corrected chi connectivity index (χ0v) is 3.23. The quantitative estimate of drug-likeness (QED) is 0.396. The number of nitrogens with one attached hydrogen (secondary N) is 1. The molecule has 1 N–H and O–H groups in total. The van der Waals surface area contributed by atoms with E-state index < -0.39 is 0 Å². The largest absolute Gasteiger partial charge is 0.307 e. The molecule has 1 aliphatic carbocycles. The predicted molar refractivity (Wildman–Crippen MR) is 19.9 cm³/mol. The summed E-state index contributed by atoms with van der Waals surface area (Å²) in [6.07, 6.45) is 0. The van der Waals surface area contributed by atoms with Crippen molar-refractivity contribution in [3.8, 4) is 0 Å². The summed E-state index contributed by atoms with van der Waals surface area (Å²) in [5.41, 5.74) is 0. The molecular weight excluding hydrogens is 62.1 g/mol. The SMILES string of the molecule is CC1C2NC12. The van der Waals surface area contributed by atoms with Crippen LogP contribution in [-0.2, 0) is 0 Å². The normalized spacial score (nSPS) is 70.2. The van der Waals surface area contributed by atoms with Gasteiger partial charge in [-0.25, -0.2) is 0 Å². The van der Waals surface area contributed by atoms with Crippen LogP contribution in [0.3, 0.4) is 0 Å². The van der Waals surface area contributed by atoms with Gasteiger partial charge in [-0.2, -0.15) is 0 Å². The molecule has 2 rings (SSSR count). The van der Waals surface area contributed by atoms with Gasteiger partial charge in [-0.1, -0.05) is 6.92 Å². The van der Waals surface area contributed by atoms with Crippen LogP contribution in [0.1, 0.15) is 6.92 Å². The average Bonchev–Trinajstić information content (AvgIpc) is 2.11. The maximum atomic E-state index is 3.24. The summed E-state index contributed by atoms with van der Waals surface area (Å²) in [5, 5.41) is 3.24. The molecule has 0 bridgehead atoms. The molecule has 1 aliphatic heterocycles. The molecule has 2 unspecified atom stereocenters. The second kappa shape index (κ2) is 0.350. The van der Waals surface area contributed by atoms with E-state index in [0.717, 1.165) is 18.0 Å². The average molecular weight is 69.1 g/mol. The minimum absolute atomic E-state index is 0.968. The van der Waals surface area contributed by atoms with Crippen molar-refractivity contribution in [3.63, 3.8) is 0 Å². The van der Waals surface area contributed by atoms with Gasteiger partial charge in [-0.15, -0.1) is 0 Å². The molecular formula is C4H7N. The molecule has 0 aromatic carbocycles. The Bertz CT molecular complexity index is 55.3. The Kier molecular flexibility index (Phi) is 0.153. The molecule has 0 aromatic heterocycles. The molecule has 0 aromatic rings. The zero-order valence-electron chi connectivity index (χ0n) is 3.23. The van der Waals surface area contributed by atoms with E-state index in [0.29, 0.717) is 0 Å². The maximum Gasteiger partial charge on any atom is 0.0268 e. The summed E-state index contributed by atoms with van der Waals surface area (Å²) in [6.45, 7) is 2.28. The second-order valence-corrected chi connectivity index (χ2v) is 2.08. The Morgan fingerprint density at radius 2 is 1.80 bits per heavy atom. The number of hydrogen-bond acceptors (Lipinski definition) is 1. The molecule has 2 atom stereocenters. The van der Waals surface area contributed by atoms with Crippen molar-refractivity contribution < 1.29 is 0 Å². The molecule has 1 saturated carbocycles. The minimum atomic E-state index is 0.968. The second-order valence-electron chi connectivity index (χ2n) is 2.08. The standard InChI is InChI=1S/C4H7N/c1-2-3-4(2)5-3/h2-5H,1H3. The summed E-state index contributed by atoms with van der Waals surface area (Å²) in [5.74, 6) is 1.04. The predicted octanol–water partition coefficient (Wildman–Crippen LogP) is -0.0235. The molecule has 0 amide bonds. The van der Waals surface area contributed by atoms with Gasteiger partial charge in [0, 0.05) is 12.1 Å². The monoisotopic (exact) mass is 69.1 g/mol. The van der Waals surface area contributed by atoms with Crippen LogP contribution in [0.25, 0.3) is 0 Å². The highest BCUT2D eigenvalue weighted by Crippen LogP contribution is 2.43. The van der Waals surface area contributed by atoms with Gasteiger partial charge in [0.05, 0.1) is 0 Å². The highest BCUT2D eigenvalue weighted by atomic mass is 15.3. The van der Waals surface area contributed by atoms with Crippen molar-refractivity contribution in [2.24, 2.45) is 5.92 Å². The summed E-state index contributed by atoms with van der Waals surface area (Å²) >= 11 is 0. The van der Waals surface area contributed by atoms with E-state index in [1.807, 2.05) is 0 Å². The Hall–Kier alpha value is -0.0400. The Balaban J connectivity index is 2.19. The lowest BCUT2D eigenvalue weighted by molar-refractivity contribution is 0.694. The van der Waals surface area contributed by atoms with Crippen LogP contribution in [-0.4, -0.2) is 12.1 Å². The Morgan fingerprint density at radius 1 is 1.40 bits per heavy atom. The molecule has 2 fully saturated rings. The van der Waals surface area contributed by atoms with Gasteiger partial charge < -0.3 is 5.32 Å². The van der Waals surface area contributed by atoms with Gasteiger partial charge in [0.25, 0.3) is 0 Å². The van der Waals surface area contributed by atoms with Gasteiger partial charge in [0.1, 0.15) is 0 Å². The number of hydrogen-bond donors (Lipinski definition) is 1. The van der Waals surface area contributed by atoms with E-state index in [4.69, 9.17) is 0 Å². The van der Waals surface area contributed by atoms with Gasteiger partial charge in [0.15, 0.2) is 0 Å². The van der Waals surface area contributed by atoms with Crippen LogP contribution in [0, 0.1) is 5.92 Å². The molecule has 1 heteroatoms. The Morgan fingerprint density at radius 3 is 1.80 bits per heavy atom. The summed E-state index contributed by atoms with van der Waals surface area (Å²) in [6, 6.07) is 1.94. The highest BCUT2D eigenvalue weighted by Gasteiger charge is 2.61. The fourth-order valence-electron chi connectivity index (χ4n) is 0.814. The first kappa shape index (κ1) is 2.19. The Labute approximate surface area is 31.4 Å². The lowest BCUT2D eigenvalue weighted by Gasteiger charge is -1.84. The lowest BCUT2D eigenvalue weighted by atomic mass is 10.4. The van der Waals surface area contributed by atoms with Crippen molar-refractivity contribution in [3.05, 3.63) is 0 Å². The molecule has 1 saturated heterocycles. The van der Waals surface area contributed by atoms with E-state index in [-0.39, 0.29) is 0 Å². The van der Waals surface area contributed by atoms with Crippen LogP contribution in [0.15, 0.2) is 0 Å². The van der Waals surface area contributed by atoms with E-state index >= 15 is 0 Å². The van der Waals surface area contributed by atoms with E-state index in [1.165, 1.54) is 0 Å². The summed E-state index contributed by atoms with van der Waals surface area (Å²) in [4.78, 5) is 0. The van der Waals surface area contributed by atoms with Gasteiger partial charge >= 0.3 is 0 Å². The molecule has 1 nitrogen and oxygen atoms in total. The van der Waals surface area contributed by atoms with Crippen molar-refractivity contribution in [2.45, 2.75) is 19.0 Å². The molecule has 0 spiro atoms. The third kappa shape index (κ3) is 0.106. The van der Waals surface area contributed by atoms with Gasteiger partial charge in [-0.05, 0) is 5.92 Å². The first-order valence-electron chi connectivity index (χ1n) is 2.15. The number of rotatable bonds is 0. The zero-order chi connectivity index (χ0) is 3.44. The van der Waals surface area contributed by atoms with Gasteiger partial charge in [0.2, 0.25) is 0 Å². The fraction of sp³-hybridized carbons (Fsp3) is 1.00. The topological polar surface area (TPSA) is 21.9 Å². The van der Waals surface area contributed by atoms with Crippen molar-refractivity contribution >= 4 is 0 Å². The smallest absolute Gasteiger partial charge is 0.0268 e. The molecule has 2 aliphatic rings. The molecule has 1 heterocycles. The van der Waals surface area contributed by atoms with E-state index in [2.05, 4.69) is 12.2 Å². The van der Waals surface area contributed by atoms with Gasteiger partial charge in [-0.3, -0.25) is 0 Å². The third-order valence-electron chi connectivity index (χ3n) is 1.65. The van der Waals surface area contributed by atoms with Crippen molar-refractivity contribution in [1.29, 1.82) is 0 Å². The summed E-state index contributed by atoms with van der Waals surface area (Å²) in [7, 11) is 0. The molecule has 28 valence electrons. The van der Waals surface area contributed by atoms with Crippen LogP contribution < -0.4 is 5.32 Å². The first-order chi connectivity index (χ1) is 2.39. The third-order valence-corrected chi connectivity index (χ3v) is 1.65. The van der Waals surface area contributed by atoms with Crippen molar-refractivity contribution in [1.82, 2.24) is 5.32 Å². The molecule has 0 radical (unpaired) electrons. The lowest BCUT2D eigenvalue weighted by Crippen LogP contribution is -2.02. The van der Waals surface area contributed by atoms with Crippen LogP contribution in [0.4, 0.5) is 0 Å². The summed E-state index contributed by atoms with van der Waals surface area (Å²) < 4.78 is 0. The van der Waals surface area contributed by atoms with Crippen LogP contribution >= 0.6 is 0 Å².